The van der Waals surface area contributed by atoms with Crippen LogP contribution in [0.25, 0.3) is 6.08 Å². The average molecular weight is 333 g/mol. The van der Waals surface area contributed by atoms with E-state index in [2.05, 4.69) is 0 Å². The number of Topliss-reactive ketones (excluding diaryl/α,β-unsaturated/α-hetero) is 1. The number of carbonyl (C=O) groups excluding carboxylic acids is 1. The summed E-state index contributed by atoms with van der Waals surface area (Å²) in [5.41, 5.74) is 3.28. The van der Waals surface area contributed by atoms with Crippen molar-refractivity contribution in [2.45, 2.75) is 12.8 Å². The Morgan fingerprint density at radius 2 is 1.95 bits per heavy atom. The largest absolute Gasteiger partial charge is 0.497 e. The number of rotatable bonds is 2. The van der Waals surface area contributed by atoms with Crippen molar-refractivity contribution in [3.8, 4) is 5.75 Å². The van der Waals surface area contributed by atoms with Crippen LogP contribution < -0.4 is 4.74 Å². The summed E-state index contributed by atoms with van der Waals surface area (Å²) in [6.07, 6.45) is 3.33. The Balaban J connectivity index is 1.99. The maximum Gasteiger partial charge on any atom is 0.189 e. The zero-order valence-electron chi connectivity index (χ0n) is 12.0. The highest BCUT2D eigenvalue weighted by Crippen LogP contribution is 2.32. The van der Waals surface area contributed by atoms with E-state index in [9.17, 15) is 4.79 Å². The van der Waals surface area contributed by atoms with E-state index in [0.29, 0.717) is 16.5 Å². The first-order valence-corrected chi connectivity index (χ1v) is 7.72. The van der Waals surface area contributed by atoms with E-state index in [0.717, 1.165) is 34.4 Å². The maximum atomic E-state index is 12.6. The van der Waals surface area contributed by atoms with Gasteiger partial charge in [-0.15, -0.1) is 0 Å². The molecule has 1 aliphatic rings. The Labute approximate surface area is 139 Å². The van der Waals surface area contributed by atoms with E-state index < -0.39 is 0 Å². The first-order chi connectivity index (χ1) is 10.6. The number of halogens is 2. The molecule has 0 atom stereocenters. The van der Waals surface area contributed by atoms with Gasteiger partial charge in [-0.3, -0.25) is 4.79 Å². The first-order valence-electron chi connectivity index (χ1n) is 6.96. The van der Waals surface area contributed by atoms with Gasteiger partial charge in [0.15, 0.2) is 5.78 Å². The minimum absolute atomic E-state index is 0.0416. The lowest BCUT2D eigenvalue weighted by atomic mass is 9.86. The molecule has 2 aromatic carbocycles. The van der Waals surface area contributed by atoms with E-state index in [-0.39, 0.29) is 5.78 Å². The molecule has 3 rings (SSSR count). The standard InChI is InChI=1S/C18H14Cl2O2/c1-22-14-7-8-15-11(10-14)5-6-13(18(15)21)9-12-3-2-4-16(19)17(12)20/h2-4,7-10H,5-6H2,1H3. The summed E-state index contributed by atoms with van der Waals surface area (Å²) in [5, 5.41) is 0.967. The summed E-state index contributed by atoms with van der Waals surface area (Å²) in [7, 11) is 1.62. The normalized spacial score (nSPS) is 15.8. The number of ether oxygens (including phenoxy) is 1. The van der Waals surface area contributed by atoms with Gasteiger partial charge in [-0.2, -0.15) is 0 Å². The van der Waals surface area contributed by atoms with Gasteiger partial charge in [0.05, 0.1) is 17.2 Å². The smallest absolute Gasteiger partial charge is 0.189 e. The third-order valence-electron chi connectivity index (χ3n) is 3.82. The number of allylic oxidation sites excluding steroid dienone is 1. The monoisotopic (exact) mass is 332 g/mol. The molecule has 2 aromatic rings. The molecule has 0 saturated carbocycles. The zero-order valence-corrected chi connectivity index (χ0v) is 13.5. The van der Waals surface area contributed by atoms with E-state index in [1.807, 2.05) is 36.4 Å². The molecule has 0 N–H and O–H groups in total. The number of ketones is 1. The summed E-state index contributed by atoms with van der Waals surface area (Å²) in [6.45, 7) is 0. The Bertz CT molecular complexity index is 779. The van der Waals surface area contributed by atoms with E-state index in [1.165, 1.54) is 0 Å². The van der Waals surface area contributed by atoms with Gasteiger partial charge in [0.1, 0.15) is 5.75 Å². The van der Waals surface area contributed by atoms with Crippen LogP contribution in [0.3, 0.4) is 0 Å². The van der Waals surface area contributed by atoms with Crippen LogP contribution in [0.15, 0.2) is 42.0 Å². The molecule has 0 saturated heterocycles. The quantitative estimate of drug-likeness (QED) is 0.705. The lowest BCUT2D eigenvalue weighted by Crippen LogP contribution is -2.14. The average Bonchev–Trinajstić information content (AvgIpc) is 2.54. The summed E-state index contributed by atoms with van der Waals surface area (Å²) >= 11 is 12.2. The van der Waals surface area contributed by atoms with Gasteiger partial charge in [0.2, 0.25) is 0 Å². The molecule has 0 spiro atoms. The van der Waals surface area contributed by atoms with Crippen LogP contribution in [0.4, 0.5) is 0 Å². The second-order valence-electron chi connectivity index (χ2n) is 5.16. The van der Waals surface area contributed by atoms with Crippen molar-refractivity contribution in [1.82, 2.24) is 0 Å². The molecule has 22 heavy (non-hydrogen) atoms. The van der Waals surface area contributed by atoms with Gasteiger partial charge < -0.3 is 4.74 Å². The number of methoxy groups -OCH3 is 1. The molecule has 0 aromatic heterocycles. The van der Waals surface area contributed by atoms with Crippen molar-refractivity contribution in [3.63, 3.8) is 0 Å². The SMILES string of the molecule is COc1ccc2c(c1)CCC(=Cc1cccc(Cl)c1Cl)C2=O. The molecule has 0 bridgehead atoms. The highest BCUT2D eigenvalue weighted by atomic mass is 35.5. The van der Waals surface area contributed by atoms with Crippen LogP contribution >= 0.6 is 23.2 Å². The second kappa shape index (κ2) is 6.15. The summed E-state index contributed by atoms with van der Waals surface area (Å²) < 4.78 is 5.21. The molecule has 0 unspecified atom stereocenters. The summed E-state index contributed by atoms with van der Waals surface area (Å²) in [4.78, 5) is 12.6. The second-order valence-corrected chi connectivity index (χ2v) is 5.95. The number of fused-ring (bicyclic) bond motifs is 1. The number of hydrogen-bond acceptors (Lipinski definition) is 2. The predicted octanol–water partition coefficient (Wildman–Crippen LogP) is 5.21. The third-order valence-corrected chi connectivity index (χ3v) is 4.66. The van der Waals surface area contributed by atoms with Crippen molar-refractivity contribution in [2.24, 2.45) is 0 Å². The molecule has 0 amide bonds. The highest BCUT2D eigenvalue weighted by molar-refractivity contribution is 6.43. The number of aryl methyl sites for hydroxylation is 1. The van der Waals surface area contributed by atoms with Gasteiger partial charge in [0, 0.05) is 11.1 Å². The van der Waals surface area contributed by atoms with E-state index >= 15 is 0 Å². The molecule has 2 nitrogen and oxygen atoms in total. The summed E-state index contributed by atoms with van der Waals surface area (Å²) in [5.74, 6) is 0.816. The molecule has 4 heteroatoms. The van der Waals surface area contributed by atoms with Crippen LogP contribution in [-0.2, 0) is 6.42 Å². The predicted molar refractivity (Wildman–Crippen MR) is 90.1 cm³/mol. The number of carbonyl (C=O) groups is 1. The highest BCUT2D eigenvalue weighted by Gasteiger charge is 2.22. The van der Waals surface area contributed by atoms with Gasteiger partial charge >= 0.3 is 0 Å². The van der Waals surface area contributed by atoms with Crippen molar-refractivity contribution in [2.75, 3.05) is 7.11 Å². The van der Waals surface area contributed by atoms with Crippen LogP contribution in [-0.4, -0.2) is 12.9 Å². The third kappa shape index (κ3) is 2.77. The molecule has 112 valence electrons. The van der Waals surface area contributed by atoms with Gasteiger partial charge in [-0.1, -0.05) is 35.3 Å². The fraction of sp³-hybridized carbons (Fsp3) is 0.167. The molecule has 0 heterocycles. The Morgan fingerprint density at radius 1 is 1.14 bits per heavy atom. The van der Waals surface area contributed by atoms with Crippen LogP contribution in [0.1, 0.15) is 27.9 Å². The topological polar surface area (TPSA) is 26.3 Å². The Kier molecular flexibility index (Phi) is 4.23. The molecular formula is C18H14Cl2O2. The Hall–Kier alpha value is -1.77. The fourth-order valence-electron chi connectivity index (χ4n) is 2.64. The van der Waals surface area contributed by atoms with Crippen molar-refractivity contribution in [1.29, 1.82) is 0 Å². The van der Waals surface area contributed by atoms with Gasteiger partial charge in [-0.25, -0.2) is 0 Å². The fourth-order valence-corrected chi connectivity index (χ4v) is 3.00. The number of benzene rings is 2. The molecule has 0 aliphatic heterocycles. The van der Waals surface area contributed by atoms with Gasteiger partial charge in [-0.05, 0) is 54.3 Å². The first kappa shape index (κ1) is 15.1. The lowest BCUT2D eigenvalue weighted by Gasteiger charge is -2.18. The van der Waals surface area contributed by atoms with Crippen LogP contribution in [0, 0.1) is 0 Å². The van der Waals surface area contributed by atoms with Crippen molar-refractivity contribution >= 4 is 35.1 Å². The lowest BCUT2D eigenvalue weighted by molar-refractivity contribution is 0.102. The number of hydrogen-bond donors (Lipinski definition) is 0. The molecule has 1 aliphatic carbocycles. The Morgan fingerprint density at radius 3 is 2.73 bits per heavy atom. The zero-order chi connectivity index (χ0) is 15.7. The van der Waals surface area contributed by atoms with Gasteiger partial charge in [0.25, 0.3) is 0 Å². The molecule has 0 radical (unpaired) electrons. The minimum atomic E-state index is 0.0416. The molecular weight excluding hydrogens is 319 g/mol. The van der Waals surface area contributed by atoms with Crippen LogP contribution in [0.5, 0.6) is 5.75 Å². The van der Waals surface area contributed by atoms with Crippen molar-refractivity contribution < 1.29 is 9.53 Å². The molecule has 0 fully saturated rings. The minimum Gasteiger partial charge on any atom is -0.497 e. The summed E-state index contributed by atoms with van der Waals surface area (Å²) in [6, 6.07) is 11.0. The van der Waals surface area contributed by atoms with Crippen molar-refractivity contribution in [3.05, 3.63) is 68.7 Å². The van der Waals surface area contributed by atoms with E-state index in [4.69, 9.17) is 27.9 Å². The maximum absolute atomic E-state index is 12.6. The van der Waals surface area contributed by atoms with E-state index in [1.54, 1.807) is 13.2 Å². The van der Waals surface area contributed by atoms with Crippen LogP contribution in [0.2, 0.25) is 10.0 Å².